The van der Waals surface area contributed by atoms with E-state index in [0.29, 0.717) is 50.7 Å². The molecule has 1 aliphatic rings. The van der Waals surface area contributed by atoms with E-state index >= 15 is 0 Å². The molecule has 0 radical (unpaired) electrons. The molecule has 91 heavy (non-hydrogen) atoms. The van der Waals surface area contributed by atoms with Crippen molar-refractivity contribution in [3.8, 4) is 17.2 Å². The van der Waals surface area contributed by atoms with Crippen LogP contribution in [0.3, 0.4) is 0 Å². The number of hydrogen-bond donors (Lipinski definition) is 1. The lowest BCUT2D eigenvalue weighted by Crippen LogP contribution is -2.24. The predicted molar refractivity (Wildman–Crippen MR) is 379 cm³/mol. The first-order valence-corrected chi connectivity index (χ1v) is 32.2. The molecule has 13 heteroatoms. The molecule has 0 aromatic heterocycles. The average Bonchev–Trinajstić information content (AvgIpc) is 1.65. The molecule has 8 rings (SSSR count). The first kappa shape index (κ1) is 67.4. The highest BCUT2D eigenvalue weighted by Gasteiger charge is 2.34. The Bertz CT molecular complexity index is 3740. The minimum absolute atomic E-state index is 0.257. The Hall–Kier alpha value is -9.54. The van der Waals surface area contributed by atoms with Gasteiger partial charge in [0.05, 0.1) is 36.8 Å². The normalized spacial score (nSPS) is 12.7. The Labute approximate surface area is 538 Å². The molecule has 1 aliphatic heterocycles. The number of aromatic carboxylic acids is 1. The number of carboxylic acids is 1. The van der Waals surface area contributed by atoms with Gasteiger partial charge in [0.2, 0.25) is 0 Å². The van der Waals surface area contributed by atoms with Gasteiger partial charge in [-0.25, -0.2) is 4.79 Å². The van der Waals surface area contributed by atoms with E-state index in [9.17, 15) is 9.90 Å². The van der Waals surface area contributed by atoms with Gasteiger partial charge in [-0.1, -0.05) is 194 Å². The van der Waals surface area contributed by atoms with Crippen LogP contribution in [0.5, 0.6) is 17.2 Å². The molecule has 0 fully saturated rings. The molecule has 0 saturated carbocycles. The number of rotatable bonds is 34. The fourth-order valence-corrected chi connectivity index (χ4v) is 10.6. The molecule has 470 valence electrons. The zero-order valence-electron chi connectivity index (χ0n) is 54.3. The molecule has 0 aliphatic carbocycles. The van der Waals surface area contributed by atoms with E-state index in [1.165, 1.54) is 11.1 Å². The highest BCUT2D eigenvalue weighted by atomic mass is 16.5. The second-order valence-corrected chi connectivity index (χ2v) is 25.1. The van der Waals surface area contributed by atoms with E-state index in [4.69, 9.17) is 30.3 Å². The monoisotopic (exact) mass is 1220 g/mol. The number of azide groups is 2. The first-order chi connectivity index (χ1) is 44.1. The summed E-state index contributed by atoms with van der Waals surface area (Å²) >= 11 is 0. The van der Waals surface area contributed by atoms with Crippen LogP contribution in [0.1, 0.15) is 166 Å². The van der Waals surface area contributed by atoms with Crippen molar-refractivity contribution < 1.29 is 24.1 Å². The third-order valence-electron chi connectivity index (χ3n) is 15.9. The van der Waals surface area contributed by atoms with Gasteiger partial charge in [0, 0.05) is 62.1 Å². The molecule has 1 N–H and O–H groups in total. The molecule has 0 unspecified atom stereocenters. The molecule has 0 bridgehead atoms. The number of unbranched alkanes of at least 4 members (excludes halogenated alkanes) is 4. The van der Waals surface area contributed by atoms with Crippen LogP contribution in [-0.4, -0.2) is 49.7 Å². The maximum Gasteiger partial charge on any atom is 0.335 e. The summed E-state index contributed by atoms with van der Waals surface area (Å²) in [5.74, 6) is 2.61. The van der Waals surface area contributed by atoms with Gasteiger partial charge in [-0.05, 0) is 192 Å². The Balaban J connectivity index is 0.992. The largest absolute Gasteiger partial charge is 0.493 e. The quantitative estimate of drug-likeness (QED) is 0.0138. The Morgan fingerprint density at radius 1 is 0.516 bits per heavy atom. The Kier molecular flexibility index (Phi) is 25.1. The molecular weight excluding hydrogens is 1130 g/mol. The number of aliphatic imine (C=N–C) groups is 1. The number of fused-ring (bicyclic) bond motifs is 1. The fraction of sp³-hybridized carbons (Fsp3) is 0.333. The van der Waals surface area contributed by atoms with Crippen molar-refractivity contribution in [1.29, 1.82) is 0 Å². The van der Waals surface area contributed by atoms with Crippen LogP contribution < -0.4 is 19.1 Å². The predicted octanol–water partition coefficient (Wildman–Crippen LogP) is 22.0. The van der Waals surface area contributed by atoms with E-state index in [0.717, 1.165) is 148 Å². The van der Waals surface area contributed by atoms with Crippen molar-refractivity contribution in [2.75, 3.05) is 37.8 Å². The number of carbonyl (C=O) groups is 1. The van der Waals surface area contributed by atoms with Crippen LogP contribution in [0.4, 0.5) is 22.7 Å². The molecule has 7 aromatic rings. The number of aryl methyl sites for hydroxylation is 2. The van der Waals surface area contributed by atoms with Crippen molar-refractivity contribution in [1.82, 2.24) is 0 Å². The third-order valence-corrected chi connectivity index (χ3v) is 15.9. The smallest absolute Gasteiger partial charge is 0.335 e. The fourth-order valence-electron chi connectivity index (χ4n) is 10.6. The number of ether oxygens (including phenoxy) is 3. The van der Waals surface area contributed by atoms with E-state index in [1.807, 2.05) is 12.2 Å². The van der Waals surface area contributed by atoms with E-state index in [1.54, 1.807) is 18.2 Å². The zero-order chi connectivity index (χ0) is 64.5. The van der Waals surface area contributed by atoms with Crippen LogP contribution in [0.2, 0.25) is 0 Å². The SMILES string of the molecule is CC(C)CCOc1cc(/C=C/c2ccc(/C=C/c3ccc(/C=C/C4=Nc5ccc(C(=O)O)cc5C4(C)C)cc3OCC(C)C)cc2OCC(C)C)ccc1/C=C/c1ccc(N(c2ccc(CCCCCN=[N+]=[N-])cc2)c2ccc(CCCCCN=[N+]=[N-])cc2)cc1. The standard InChI is InChI=1S/C78H88N8O5/c1-55(2)45-48-89-73-49-61(18-31-64(73)30-17-60-27-41-70(42-28-60)86(68-37-23-58(24-38-68)15-11-9-13-46-81-84-79)69-39-25-59(26-40-69)16-12-10-14-47-82-85-80)19-32-65-33-20-62(50-74(65)90-53-56(3)4)21-34-66-35-22-63(51-75(66)91-54-57(5)6)29-44-76-78(7,8)71-52-67(77(87)88)36-43-72(71)83-76/h17-44,49-52,55-57H,9-16,45-48,53-54H2,1-8H3,(H,87,88)/b30-17+,32-19+,34-21+,44-29+. The first-order valence-electron chi connectivity index (χ1n) is 32.2. The van der Waals surface area contributed by atoms with Gasteiger partial charge in [-0.3, -0.25) is 4.99 Å². The van der Waals surface area contributed by atoms with Gasteiger partial charge < -0.3 is 24.2 Å². The summed E-state index contributed by atoms with van der Waals surface area (Å²) in [5, 5.41) is 17.0. The molecule has 0 amide bonds. The van der Waals surface area contributed by atoms with Crippen LogP contribution in [0, 0.1) is 17.8 Å². The summed E-state index contributed by atoms with van der Waals surface area (Å²) in [6.07, 6.45) is 25.5. The summed E-state index contributed by atoms with van der Waals surface area (Å²) in [5.41, 5.74) is 32.3. The number of allylic oxidation sites excluding steroid dienone is 1. The highest BCUT2D eigenvalue weighted by Crippen LogP contribution is 2.42. The molecule has 1 heterocycles. The summed E-state index contributed by atoms with van der Waals surface area (Å²) in [4.78, 5) is 24.7. The van der Waals surface area contributed by atoms with Crippen LogP contribution in [-0.2, 0) is 18.3 Å². The maximum absolute atomic E-state index is 11.7. The van der Waals surface area contributed by atoms with Gasteiger partial charge >= 0.3 is 5.97 Å². The van der Waals surface area contributed by atoms with Crippen LogP contribution >= 0.6 is 0 Å². The molecule has 0 saturated heterocycles. The lowest BCUT2D eigenvalue weighted by Gasteiger charge is -2.26. The second kappa shape index (κ2) is 33.9. The van der Waals surface area contributed by atoms with Crippen molar-refractivity contribution in [3.63, 3.8) is 0 Å². The van der Waals surface area contributed by atoms with Gasteiger partial charge in [-0.2, -0.15) is 0 Å². The number of benzene rings is 7. The van der Waals surface area contributed by atoms with Gasteiger partial charge in [-0.15, -0.1) is 0 Å². The van der Waals surface area contributed by atoms with E-state index in [-0.39, 0.29) is 5.56 Å². The van der Waals surface area contributed by atoms with Crippen molar-refractivity contribution in [2.24, 2.45) is 33.0 Å². The number of anilines is 3. The minimum Gasteiger partial charge on any atom is -0.493 e. The molecule has 0 atom stereocenters. The van der Waals surface area contributed by atoms with Gasteiger partial charge in [0.25, 0.3) is 0 Å². The number of nitrogens with zero attached hydrogens (tertiary/aromatic N) is 8. The lowest BCUT2D eigenvalue weighted by atomic mass is 9.80. The molecule has 0 spiro atoms. The maximum atomic E-state index is 11.7. The summed E-state index contributed by atoms with van der Waals surface area (Å²) in [7, 11) is 0. The van der Waals surface area contributed by atoms with E-state index < -0.39 is 11.4 Å². The Morgan fingerprint density at radius 2 is 0.945 bits per heavy atom. The zero-order valence-corrected chi connectivity index (χ0v) is 54.3. The average molecular weight is 1220 g/mol. The van der Waals surface area contributed by atoms with Gasteiger partial charge in [0.15, 0.2) is 0 Å². The summed E-state index contributed by atoms with van der Waals surface area (Å²) in [6, 6.07) is 50.4. The minimum atomic E-state index is -0.950. The lowest BCUT2D eigenvalue weighted by molar-refractivity contribution is 0.0696. The van der Waals surface area contributed by atoms with Crippen molar-refractivity contribution in [2.45, 2.75) is 119 Å². The molecular formula is C78H88N8O5. The summed E-state index contributed by atoms with van der Waals surface area (Å²) in [6.45, 7) is 20.0. The number of hydrogen-bond acceptors (Lipinski definition) is 8. The molecule has 7 aromatic carbocycles. The van der Waals surface area contributed by atoms with Crippen LogP contribution in [0.25, 0.3) is 63.4 Å². The molecule has 13 nitrogen and oxygen atoms in total. The Morgan fingerprint density at radius 3 is 1.38 bits per heavy atom. The third kappa shape index (κ3) is 20.2. The second-order valence-electron chi connectivity index (χ2n) is 25.1. The highest BCUT2D eigenvalue weighted by molar-refractivity contribution is 6.10. The summed E-state index contributed by atoms with van der Waals surface area (Å²) < 4.78 is 19.5. The van der Waals surface area contributed by atoms with Crippen LogP contribution in [0.15, 0.2) is 167 Å². The number of carboxylic acid groups (broad SMARTS) is 1. The van der Waals surface area contributed by atoms with Gasteiger partial charge in [0.1, 0.15) is 17.2 Å². The van der Waals surface area contributed by atoms with E-state index in [2.05, 4.69) is 244 Å². The van der Waals surface area contributed by atoms with Crippen molar-refractivity contribution in [3.05, 3.63) is 234 Å². The topological polar surface area (TPSA) is 178 Å². The van der Waals surface area contributed by atoms with Crippen molar-refractivity contribution >= 4 is 77.0 Å².